The first kappa shape index (κ1) is 33.8. The number of para-hydroxylation sites is 4. The lowest BCUT2D eigenvalue weighted by molar-refractivity contribution is 0.487. The Bertz CT molecular complexity index is 2960. The van der Waals surface area contributed by atoms with Crippen molar-refractivity contribution < 1.29 is 4.74 Å². The van der Waals surface area contributed by atoms with Crippen LogP contribution in [0.25, 0.3) is 11.1 Å². The van der Waals surface area contributed by atoms with Crippen molar-refractivity contribution in [1.29, 1.82) is 0 Å². The lowest BCUT2D eigenvalue weighted by atomic mass is 9.34. The predicted molar refractivity (Wildman–Crippen MR) is 250 cm³/mol. The summed E-state index contributed by atoms with van der Waals surface area (Å²) in [6.07, 6.45) is 0. The fraction of sp³-hybridized carbons (Fsp3) is 0. The molecule has 12 rings (SSSR count). The molecule has 3 aliphatic rings. The molecule has 0 atom stereocenters. The molecule has 0 amide bonds. The Morgan fingerprint density at radius 2 is 0.966 bits per heavy atom. The third kappa shape index (κ3) is 5.02. The van der Waals surface area contributed by atoms with Gasteiger partial charge in [-0.3, -0.25) is 0 Å². The molecule has 0 fully saturated rings. The third-order valence-corrected chi connectivity index (χ3v) is 17.4. The molecule has 0 unspecified atom stereocenters. The molecule has 3 heterocycles. The molecule has 9 aromatic rings. The van der Waals surface area contributed by atoms with Crippen LogP contribution in [0.3, 0.4) is 0 Å². The monoisotopic (exact) mass is 768 g/mol. The van der Waals surface area contributed by atoms with Crippen LogP contribution in [0.1, 0.15) is 0 Å². The van der Waals surface area contributed by atoms with Crippen LogP contribution in [0, 0.1) is 0 Å². The van der Waals surface area contributed by atoms with Crippen LogP contribution in [0.15, 0.2) is 224 Å². The normalized spacial score (nSPS) is 13.6. The molecule has 59 heavy (non-hydrogen) atoms. The van der Waals surface area contributed by atoms with Gasteiger partial charge in [-0.05, 0) is 103 Å². The molecule has 3 nitrogen and oxygen atoms in total. The molecule has 0 bridgehead atoms. The van der Waals surface area contributed by atoms with Gasteiger partial charge in [-0.2, -0.15) is 0 Å². The summed E-state index contributed by atoms with van der Waals surface area (Å²) in [5.41, 5.74) is 12.9. The molecule has 0 aromatic heterocycles. The van der Waals surface area contributed by atoms with Crippen LogP contribution >= 0.6 is 0 Å². The molecule has 0 saturated heterocycles. The van der Waals surface area contributed by atoms with Crippen molar-refractivity contribution in [1.82, 2.24) is 0 Å². The zero-order valence-electron chi connectivity index (χ0n) is 32.2. The van der Waals surface area contributed by atoms with E-state index in [2.05, 4.69) is 234 Å². The Morgan fingerprint density at radius 3 is 1.63 bits per heavy atom. The summed E-state index contributed by atoms with van der Waals surface area (Å²) in [6.45, 7) is -0.0527. The fourth-order valence-electron chi connectivity index (χ4n) is 10.2. The standard InChI is InChI=1S/C54H37BN2OSi/c1-6-20-38(21-7-1)56(39-22-8-2-9-23-39)41-34-49-54-51(35-41)58-50-32-18-17-31-46(50)55(54)47-37-53-45(36-48(47)57(49)40-24-10-3-11-25-40)44-30-16-19-33-52(44)59(53,42-26-12-4-13-27-42)43-28-14-5-15-29-43/h1-37H. The maximum atomic E-state index is 7.06. The smallest absolute Gasteiger partial charge is 0.256 e. The van der Waals surface area contributed by atoms with Gasteiger partial charge >= 0.3 is 0 Å². The van der Waals surface area contributed by atoms with E-state index in [1.54, 1.807) is 0 Å². The second-order valence-electron chi connectivity index (χ2n) is 15.6. The van der Waals surface area contributed by atoms with E-state index in [-0.39, 0.29) is 6.71 Å². The van der Waals surface area contributed by atoms with Crippen molar-refractivity contribution >= 4 is 86.0 Å². The summed E-state index contributed by atoms with van der Waals surface area (Å²) in [4.78, 5) is 4.84. The molecule has 0 radical (unpaired) electrons. The van der Waals surface area contributed by atoms with Crippen LogP contribution in [-0.2, 0) is 0 Å². The molecule has 276 valence electrons. The number of anilines is 6. The lowest BCUT2D eigenvalue weighted by Crippen LogP contribution is -2.73. The maximum absolute atomic E-state index is 7.06. The third-order valence-electron chi connectivity index (χ3n) is 12.5. The highest BCUT2D eigenvalue weighted by Gasteiger charge is 2.51. The Morgan fingerprint density at radius 1 is 0.407 bits per heavy atom. The molecule has 9 aromatic carbocycles. The van der Waals surface area contributed by atoms with Gasteiger partial charge in [0.25, 0.3) is 6.71 Å². The van der Waals surface area contributed by atoms with Gasteiger partial charge in [0, 0.05) is 34.5 Å². The Balaban J connectivity index is 1.19. The van der Waals surface area contributed by atoms with E-state index >= 15 is 0 Å². The van der Waals surface area contributed by atoms with Gasteiger partial charge in [-0.1, -0.05) is 164 Å². The average Bonchev–Trinajstić information content (AvgIpc) is 3.60. The Labute approximate surface area is 346 Å². The molecule has 0 aliphatic carbocycles. The Kier molecular flexibility index (Phi) is 7.65. The first-order valence-corrected chi connectivity index (χ1v) is 22.4. The van der Waals surface area contributed by atoms with Crippen molar-refractivity contribution in [2.24, 2.45) is 0 Å². The van der Waals surface area contributed by atoms with Crippen LogP contribution in [-0.4, -0.2) is 14.8 Å². The number of nitrogens with zero attached hydrogens (tertiary/aromatic N) is 2. The van der Waals surface area contributed by atoms with Gasteiger partial charge in [-0.15, -0.1) is 0 Å². The Hall–Kier alpha value is -7.34. The summed E-state index contributed by atoms with van der Waals surface area (Å²) in [5, 5.41) is 5.67. The highest BCUT2D eigenvalue weighted by molar-refractivity contribution is 7.22. The molecule has 0 spiro atoms. The number of rotatable bonds is 6. The topological polar surface area (TPSA) is 15.7 Å². The van der Waals surface area contributed by atoms with E-state index in [1.807, 2.05) is 0 Å². The first-order valence-electron chi connectivity index (χ1n) is 20.4. The number of ether oxygens (including phenoxy) is 1. The van der Waals surface area contributed by atoms with Gasteiger partial charge in [0.1, 0.15) is 11.5 Å². The van der Waals surface area contributed by atoms with Crippen LogP contribution < -0.4 is 51.7 Å². The first-order chi connectivity index (χ1) is 29.3. The maximum Gasteiger partial charge on any atom is 0.256 e. The highest BCUT2D eigenvalue weighted by atomic mass is 28.3. The zero-order valence-corrected chi connectivity index (χ0v) is 33.2. The van der Waals surface area contributed by atoms with Crippen molar-refractivity contribution in [3.63, 3.8) is 0 Å². The van der Waals surface area contributed by atoms with E-state index in [1.165, 1.54) is 53.9 Å². The highest BCUT2D eigenvalue weighted by Crippen LogP contribution is 2.46. The zero-order chi connectivity index (χ0) is 38.9. The number of hydrogen-bond acceptors (Lipinski definition) is 3. The summed E-state index contributed by atoms with van der Waals surface area (Å²) < 4.78 is 7.06. The quantitative estimate of drug-likeness (QED) is 0.157. The van der Waals surface area contributed by atoms with E-state index in [0.29, 0.717) is 0 Å². The van der Waals surface area contributed by atoms with Crippen LogP contribution in [0.5, 0.6) is 11.5 Å². The number of benzene rings is 9. The minimum absolute atomic E-state index is 0.0527. The van der Waals surface area contributed by atoms with E-state index in [9.17, 15) is 0 Å². The van der Waals surface area contributed by atoms with Crippen molar-refractivity contribution in [2.45, 2.75) is 0 Å². The molecule has 5 heteroatoms. The summed E-state index contributed by atoms with van der Waals surface area (Å²) in [7, 11) is -2.76. The van der Waals surface area contributed by atoms with Gasteiger partial charge in [0.15, 0.2) is 8.07 Å². The fourth-order valence-corrected chi connectivity index (χ4v) is 15.4. The molecule has 0 N–H and O–H groups in total. The average molecular weight is 769 g/mol. The molecular weight excluding hydrogens is 732 g/mol. The van der Waals surface area contributed by atoms with Crippen molar-refractivity contribution in [3.8, 4) is 22.6 Å². The van der Waals surface area contributed by atoms with Crippen LogP contribution in [0.4, 0.5) is 34.1 Å². The van der Waals surface area contributed by atoms with Gasteiger partial charge in [-0.25, -0.2) is 0 Å². The second-order valence-corrected chi connectivity index (χ2v) is 19.3. The number of hydrogen-bond donors (Lipinski definition) is 0. The SMILES string of the molecule is c1ccc(N(c2ccccc2)c2cc3c4c(c2)N(c2ccccc2)c2cc5c(cc2B4c2ccccc2O3)[Si](c2ccccc2)(c2ccccc2)c2ccccc2-5)cc1. The van der Waals surface area contributed by atoms with Crippen molar-refractivity contribution in [3.05, 3.63) is 224 Å². The van der Waals surface area contributed by atoms with Gasteiger partial charge < -0.3 is 14.5 Å². The predicted octanol–water partition coefficient (Wildman–Crippen LogP) is 8.92. The second kappa shape index (κ2) is 13.4. The summed E-state index contributed by atoms with van der Waals surface area (Å²) >= 11 is 0. The molecule has 0 saturated carbocycles. The largest absolute Gasteiger partial charge is 0.458 e. The van der Waals surface area contributed by atoms with E-state index in [4.69, 9.17) is 4.74 Å². The van der Waals surface area contributed by atoms with E-state index in [0.717, 1.165) is 39.9 Å². The lowest BCUT2D eigenvalue weighted by Gasteiger charge is -2.42. The van der Waals surface area contributed by atoms with Crippen molar-refractivity contribution in [2.75, 3.05) is 9.80 Å². The molecule has 3 aliphatic heterocycles. The number of fused-ring (bicyclic) bond motifs is 7. The van der Waals surface area contributed by atoms with Gasteiger partial charge in [0.05, 0.1) is 5.69 Å². The summed E-state index contributed by atoms with van der Waals surface area (Å²) in [6, 6.07) is 82.4. The van der Waals surface area contributed by atoms with E-state index < -0.39 is 8.07 Å². The minimum Gasteiger partial charge on any atom is -0.458 e. The van der Waals surface area contributed by atoms with Gasteiger partial charge in [0.2, 0.25) is 0 Å². The minimum atomic E-state index is -2.76. The molecular formula is C54H37BN2OSi. The summed E-state index contributed by atoms with van der Waals surface area (Å²) in [5.74, 6) is 1.78. The van der Waals surface area contributed by atoms with Crippen LogP contribution in [0.2, 0.25) is 0 Å².